The molecule has 0 spiro atoms. The van der Waals surface area contributed by atoms with Crippen LogP contribution in [0.15, 0.2) is 10.5 Å². The van der Waals surface area contributed by atoms with Crippen molar-refractivity contribution in [2.24, 2.45) is 0 Å². The molecule has 0 aromatic carbocycles. The Labute approximate surface area is 85.3 Å². The number of carbonyl (C=O) groups excluding carboxylic acids is 1. The highest BCUT2D eigenvalue weighted by atomic mass is 16.3. The molecule has 0 saturated heterocycles. The minimum atomic E-state index is -0.108. The average Bonchev–Trinajstić information content (AvgIpc) is 2.46. The summed E-state index contributed by atoms with van der Waals surface area (Å²) in [5.41, 5.74) is 0.574. The maximum absolute atomic E-state index is 10.8. The van der Waals surface area contributed by atoms with Crippen molar-refractivity contribution in [3.05, 3.63) is 23.2 Å². The molecule has 0 atom stereocenters. The van der Waals surface area contributed by atoms with Crippen LogP contribution >= 0.6 is 0 Å². The van der Waals surface area contributed by atoms with Crippen molar-refractivity contribution in [3.8, 4) is 0 Å². The van der Waals surface area contributed by atoms with Gasteiger partial charge < -0.3 is 4.42 Å². The quantitative estimate of drug-likeness (QED) is 0.674. The predicted octanol–water partition coefficient (Wildman–Crippen LogP) is 3.51. The Morgan fingerprint density at radius 3 is 2.21 bits per heavy atom. The lowest BCUT2D eigenvalue weighted by Crippen LogP contribution is -2.11. The molecule has 0 bridgehead atoms. The number of carbonyl (C=O) groups is 1. The molecule has 14 heavy (non-hydrogen) atoms. The Balaban J connectivity index is 3.22. The van der Waals surface area contributed by atoms with E-state index in [4.69, 9.17) is 4.42 Å². The molecule has 0 aliphatic heterocycles. The fourth-order valence-electron chi connectivity index (χ4n) is 1.38. The van der Waals surface area contributed by atoms with Gasteiger partial charge in [-0.3, -0.25) is 4.79 Å². The van der Waals surface area contributed by atoms with Crippen molar-refractivity contribution in [1.29, 1.82) is 0 Å². The van der Waals surface area contributed by atoms with E-state index >= 15 is 0 Å². The summed E-state index contributed by atoms with van der Waals surface area (Å²) in [6.07, 6.45) is 0.871. The van der Waals surface area contributed by atoms with E-state index in [1.807, 2.05) is 26.8 Å². The fraction of sp³-hybridized carbons (Fsp3) is 0.583. The van der Waals surface area contributed by atoms with Crippen LogP contribution in [0.5, 0.6) is 0 Å². The maximum Gasteiger partial charge on any atom is 0.153 e. The van der Waals surface area contributed by atoms with Gasteiger partial charge in [-0.25, -0.2) is 0 Å². The van der Waals surface area contributed by atoms with E-state index in [0.717, 1.165) is 17.8 Å². The molecule has 2 nitrogen and oxygen atoms in total. The molecule has 0 saturated carbocycles. The number of hydrogen-bond acceptors (Lipinski definition) is 2. The minimum absolute atomic E-state index is 0.108. The van der Waals surface area contributed by atoms with Gasteiger partial charge in [0.05, 0.1) is 5.56 Å². The Morgan fingerprint density at radius 2 is 1.93 bits per heavy atom. The van der Waals surface area contributed by atoms with E-state index in [-0.39, 0.29) is 5.41 Å². The second-order valence-electron chi connectivity index (χ2n) is 4.96. The Kier molecular flexibility index (Phi) is 2.84. The fourth-order valence-corrected chi connectivity index (χ4v) is 1.38. The van der Waals surface area contributed by atoms with Gasteiger partial charge in [-0.15, -0.1) is 0 Å². The SMILES string of the molecule is CC(C)c1cc(C=O)c(C(C)(C)C)o1. The highest BCUT2D eigenvalue weighted by molar-refractivity contribution is 5.77. The Morgan fingerprint density at radius 1 is 1.36 bits per heavy atom. The van der Waals surface area contributed by atoms with Crippen LogP contribution in [0.4, 0.5) is 0 Å². The first-order chi connectivity index (χ1) is 6.36. The van der Waals surface area contributed by atoms with Crippen molar-refractivity contribution in [3.63, 3.8) is 0 Å². The zero-order valence-corrected chi connectivity index (χ0v) is 9.55. The molecular formula is C12H18O2. The van der Waals surface area contributed by atoms with Gasteiger partial charge in [0.25, 0.3) is 0 Å². The van der Waals surface area contributed by atoms with Gasteiger partial charge in [0, 0.05) is 11.3 Å². The molecular weight excluding hydrogens is 176 g/mol. The summed E-state index contributed by atoms with van der Waals surface area (Å²) in [5, 5.41) is 0. The summed E-state index contributed by atoms with van der Waals surface area (Å²) in [6, 6.07) is 1.85. The molecule has 0 aliphatic rings. The van der Waals surface area contributed by atoms with Gasteiger partial charge in [-0.05, 0) is 6.07 Å². The van der Waals surface area contributed by atoms with Gasteiger partial charge >= 0.3 is 0 Å². The van der Waals surface area contributed by atoms with Crippen molar-refractivity contribution in [1.82, 2.24) is 0 Å². The molecule has 0 aliphatic carbocycles. The third-order valence-electron chi connectivity index (χ3n) is 2.16. The summed E-state index contributed by atoms with van der Waals surface area (Å²) in [4.78, 5) is 10.8. The van der Waals surface area contributed by atoms with Gasteiger partial charge in [0.15, 0.2) is 6.29 Å². The normalized spacial score (nSPS) is 12.1. The van der Waals surface area contributed by atoms with Crippen molar-refractivity contribution < 1.29 is 9.21 Å². The summed E-state index contributed by atoms with van der Waals surface area (Å²) < 4.78 is 5.70. The summed E-state index contributed by atoms with van der Waals surface area (Å²) in [7, 11) is 0. The van der Waals surface area contributed by atoms with E-state index in [1.54, 1.807) is 0 Å². The Hall–Kier alpha value is -1.05. The molecule has 2 heteroatoms. The van der Waals surface area contributed by atoms with E-state index in [0.29, 0.717) is 11.5 Å². The highest BCUT2D eigenvalue weighted by Gasteiger charge is 2.24. The average molecular weight is 194 g/mol. The van der Waals surface area contributed by atoms with Crippen LogP contribution in [0.25, 0.3) is 0 Å². The second-order valence-corrected chi connectivity index (χ2v) is 4.96. The molecule has 0 unspecified atom stereocenters. The second kappa shape index (κ2) is 3.60. The molecule has 0 radical (unpaired) electrons. The number of aldehydes is 1. The highest BCUT2D eigenvalue weighted by Crippen LogP contribution is 2.30. The number of hydrogen-bond donors (Lipinski definition) is 0. The van der Waals surface area contributed by atoms with Crippen LogP contribution in [0.1, 0.15) is 62.4 Å². The molecule has 1 aromatic rings. The molecule has 0 amide bonds. The van der Waals surface area contributed by atoms with E-state index in [1.165, 1.54) is 0 Å². The monoisotopic (exact) mass is 194 g/mol. The smallest absolute Gasteiger partial charge is 0.153 e. The molecule has 1 rings (SSSR count). The van der Waals surface area contributed by atoms with Gasteiger partial charge in [0.1, 0.15) is 11.5 Å². The molecule has 1 aromatic heterocycles. The molecule has 78 valence electrons. The van der Waals surface area contributed by atoms with E-state index < -0.39 is 0 Å². The van der Waals surface area contributed by atoms with E-state index in [9.17, 15) is 4.79 Å². The van der Waals surface area contributed by atoms with Crippen LogP contribution < -0.4 is 0 Å². The first kappa shape index (κ1) is 11.0. The molecule has 0 N–H and O–H groups in total. The largest absolute Gasteiger partial charge is 0.464 e. The topological polar surface area (TPSA) is 30.2 Å². The third-order valence-corrected chi connectivity index (χ3v) is 2.16. The Bertz CT molecular complexity index is 327. The van der Waals surface area contributed by atoms with Gasteiger partial charge in [0.2, 0.25) is 0 Å². The molecule has 0 fully saturated rings. The van der Waals surface area contributed by atoms with Crippen LogP contribution in [0.2, 0.25) is 0 Å². The number of furan rings is 1. The minimum Gasteiger partial charge on any atom is -0.464 e. The lowest BCUT2D eigenvalue weighted by atomic mass is 9.91. The lowest BCUT2D eigenvalue weighted by Gasteiger charge is -2.15. The zero-order valence-electron chi connectivity index (χ0n) is 9.55. The van der Waals surface area contributed by atoms with E-state index in [2.05, 4.69) is 13.8 Å². The third kappa shape index (κ3) is 2.06. The maximum atomic E-state index is 10.8. The predicted molar refractivity (Wildman–Crippen MR) is 56.9 cm³/mol. The summed E-state index contributed by atoms with van der Waals surface area (Å²) >= 11 is 0. The summed E-state index contributed by atoms with van der Waals surface area (Å²) in [6.45, 7) is 10.2. The zero-order chi connectivity index (χ0) is 10.9. The van der Waals surface area contributed by atoms with Gasteiger partial charge in [-0.2, -0.15) is 0 Å². The first-order valence-corrected chi connectivity index (χ1v) is 4.95. The molecule has 1 heterocycles. The van der Waals surface area contributed by atoms with Crippen molar-refractivity contribution in [2.75, 3.05) is 0 Å². The van der Waals surface area contributed by atoms with Crippen LogP contribution in [0, 0.1) is 0 Å². The number of rotatable bonds is 2. The van der Waals surface area contributed by atoms with Gasteiger partial charge in [-0.1, -0.05) is 34.6 Å². The van der Waals surface area contributed by atoms with Crippen LogP contribution in [-0.2, 0) is 5.41 Å². The van der Waals surface area contributed by atoms with Crippen LogP contribution in [-0.4, -0.2) is 6.29 Å². The summed E-state index contributed by atoms with van der Waals surface area (Å²) in [5.74, 6) is 2.00. The van der Waals surface area contributed by atoms with Crippen molar-refractivity contribution >= 4 is 6.29 Å². The lowest BCUT2D eigenvalue weighted by molar-refractivity contribution is 0.111. The van der Waals surface area contributed by atoms with Crippen molar-refractivity contribution in [2.45, 2.75) is 46.0 Å². The standard InChI is InChI=1S/C12H18O2/c1-8(2)10-6-9(7-13)11(14-10)12(3,4)5/h6-8H,1-5H3. The first-order valence-electron chi connectivity index (χ1n) is 4.95. The van der Waals surface area contributed by atoms with Crippen LogP contribution in [0.3, 0.4) is 0 Å².